The number of carbonyl (C=O) groups is 1. The van der Waals surface area contributed by atoms with Gasteiger partial charge in [0.2, 0.25) is 0 Å². The number of hydrogen-bond donors (Lipinski definition) is 2. The number of benzene rings is 1. The molecule has 4 heteroatoms. The highest BCUT2D eigenvalue weighted by Crippen LogP contribution is 2.30. The van der Waals surface area contributed by atoms with Crippen molar-refractivity contribution in [2.45, 2.75) is 20.0 Å². The van der Waals surface area contributed by atoms with Crippen LogP contribution in [-0.2, 0) is 0 Å². The first-order chi connectivity index (χ1) is 8.09. The zero-order valence-corrected chi connectivity index (χ0v) is 10.7. The number of aliphatic hydroxyl groups excluding tert-OH is 1. The van der Waals surface area contributed by atoms with Crippen LogP contribution in [-0.4, -0.2) is 23.7 Å². The molecule has 0 bridgehead atoms. The maximum atomic E-state index is 11.9. The van der Waals surface area contributed by atoms with Gasteiger partial charge in [0.15, 0.2) is 0 Å². The third-order valence-electron chi connectivity index (χ3n) is 2.61. The summed E-state index contributed by atoms with van der Waals surface area (Å²) in [5.74, 6) is -0.107. The Morgan fingerprint density at radius 3 is 2.82 bits per heavy atom. The van der Waals surface area contributed by atoms with Crippen LogP contribution < -0.4 is 5.32 Å². The number of fused-ring (bicyclic) bond motifs is 1. The van der Waals surface area contributed by atoms with Gasteiger partial charge < -0.3 is 10.4 Å². The molecule has 0 spiro atoms. The molecule has 90 valence electrons. The standard InChI is InChI=1S/C13H15NO2S/c1-8(15)7-14-13(16)12-9(2)10-5-3-4-6-11(10)17-12/h3-6,8,15H,7H2,1-2H3,(H,14,16)/t8-/m0/s1. The summed E-state index contributed by atoms with van der Waals surface area (Å²) in [6.45, 7) is 3.89. The third kappa shape index (κ3) is 2.48. The lowest BCUT2D eigenvalue weighted by atomic mass is 10.1. The first-order valence-corrected chi connectivity index (χ1v) is 6.35. The molecule has 0 radical (unpaired) electrons. The third-order valence-corrected chi connectivity index (χ3v) is 3.88. The van der Waals surface area contributed by atoms with E-state index >= 15 is 0 Å². The number of thiophene rings is 1. The van der Waals surface area contributed by atoms with Crippen molar-refractivity contribution in [3.8, 4) is 0 Å². The van der Waals surface area contributed by atoms with Crippen molar-refractivity contribution in [2.24, 2.45) is 0 Å². The van der Waals surface area contributed by atoms with E-state index in [4.69, 9.17) is 5.11 Å². The molecule has 3 nitrogen and oxygen atoms in total. The highest BCUT2D eigenvalue weighted by molar-refractivity contribution is 7.21. The molecule has 0 unspecified atom stereocenters. The summed E-state index contributed by atoms with van der Waals surface area (Å²) in [6, 6.07) is 7.97. The van der Waals surface area contributed by atoms with Crippen LogP contribution in [0.15, 0.2) is 24.3 Å². The summed E-state index contributed by atoms with van der Waals surface area (Å²) >= 11 is 1.49. The number of aliphatic hydroxyl groups is 1. The molecule has 2 rings (SSSR count). The molecule has 1 aromatic heterocycles. The Balaban J connectivity index is 2.29. The zero-order valence-electron chi connectivity index (χ0n) is 9.86. The molecule has 1 heterocycles. The topological polar surface area (TPSA) is 49.3 Å². The molecule has 0 saturated carbocycles. The average Bonchev–Trinajstić information content (AvgIpc) is 2.64. The van der Waals surface area contributed by atoms with E-state index in [2.05, 4.69) is 5.32 Å². The Morgan fingerprint density at radius 2 is 2.18 bits per heavy atom. The molecule has 0 saturated heterocycles. The van der Waals surface area contributed by atoms with Crippen LogP contribution in [0.25, 0.3) is 10.1 Å². The van der Waals surface area contributed by atoms with E-state index in [0.717, 1.165) is 20.5 Å². The van der Waals surface area contributed by atoms with E-state index < -0.39 is 6.10 Å². The van der Waals surface area contributed by atoms with E-state index in [1.165, 1.54) is 11.3 Å². The van der Waals surface area contributed by atoms with Gasteiger partial charge >= 0.3 is 0 Å². The fraction of sp³-hybridized carbons (Fsp3) is 0.308. The van der Waals surface area contributed by atoms with E-state index in [1.807, 2.05) is 31.2 Å². The number of rotatable bonds is 3. The number of hydrogen-bond acceptors (Lipinski definition) is 3. The van der Waals surface area contributed by atoms with Gasteiger partial charge in [-0.05, 0) is 30.9 Å². The van der Waals surface area contributed by atoms with Gasteiger partial charge in [-0.25, -0.2) is 0 Å². The molecule has 2 N–H and O–H groups in total. The Morgan fingerprint density at radius 1 is 1.47 bits per heavy atom. The van der Waals surface area contributed by atoms with E-state index in [9.17, 15) is 4.79 Å². The fourth-order valence-corrected chi connectivity index (χ4v) is 2.84. The molecule has 1 aromatic carbocycles. The summed E-state index contributed by atoms with van der Waals surface area (Å²) in [5.41, 5.74) is 1.01. The zero-order chi connectivity index (χ0) is 12.4. The number of nitrogens with one attached hydrogen (secondary N) is 1. The molecule has 0 aliphatic heterocycles. The van der Waals surface area contributed by atoms with Crippen molar-refractivity contribution in [3.63, 3.8) is 0 Å². The maximum absolute atomic E-state index is 11.9. The van der Waals surface area contributed by atoms with Crippen LogP contribution in [0.4, 0.5) is 0 Å². The summed E-state index contributed by atoms with van der Waals surface area (Å²) in [5, 5.41) is 13.0. The lowest BCUT2D eigenvalue weighted by Gasteiger charge is -2.06. The molecule has 17 heavy (non-hydrogen) atoms. The largest absolute Gasteiger partial charge is 0.392 e. The Hall–Kier alpha value is -1.39. The van der Waals surface area contributed by atoms with Gasteiger partial charge in [-0.15, -0.1) is 11.3 Å². The molecule has 0 aliphatic carbocycles. The number of aryl methyl sites for hydroxylation is 1. The van der Waals surface area contributed by atoms with Crippen LogP contribution in [0, 0.1) is 6.92 Å². The summed E-state index contributed by atoms with van der Waals surface area (Å²) < 4.78 is 1.12. The molecule has 0 aliphatic rings. The summed E-state index contributed by atoms with van der Waals surface area (Å²) in [7, 11) is 0. The average molecular weight is 249 g/mol. The predicted octanol–water partition coefficient (Wildman–Crippen LogP) is 2.32. The molecule has 1 atom stereocenters. The quantitative estimate of drug-likeness (QED) is 0.877. The fourth-order valence-electron chi connectivity index (χ4n) is 1.71. The van der Waals surface area contributed by atoms with Crippen molar-refractivity contribution in [2.75, 3.05) is 6.54 Å². The van der Waals surface area contributed by atoms with E-state index in [-0.39, 0.29) is 12.5 Å². The SMILES string of the molecule is Cc1c(C(=O)NC[C@H](C)O)sc2ccccc12. The Bertz CT molecular complexity index is 545. The first kappa shape index (κ1) is 12.1. The lowest BCUT2D eigenvalue weighted by Crippen LogP contribution is -2.30. The second-order valence-electron chi connectivity index (χ2n) is 4.11. The second-order valence-corrected chi connectivity index (χ2v) is 5.16. The van der Waals surface area contributed by atoms with Crippen molar-refractivity contribution in [1.29, 1.82) is 0 Å². The maximum Gasteiger partial charge on any atom is 0.261 e. The summed E-state index contributed by atoms with van der Waals surface area (Å²) in [6.07, 6.45) is -0.520. The van der Waals surface area contributed by atoms with Crippen LogP contribution >= 0.6 is 11.3 Å². The minimum Gasteiger partial charge on any atom is -0.392 e. The van der Waals surface area contributed by atoms with Gasteiger partial charge in [-0.2, -0.15) is 0 Å². The van der Waals surface area contributed by atoms with Crippen molar-refractivity contribution in [3.05, 3.63) is 34.7 Å². The van der Waals surface area contributed by atoms with Gasteiger partial charge in [-0.3, -0.25) is 4.79 Å². The normalized spacial score (nSPS) is 12.6. The van der Waals surface area contributed by atoms with Crippen LogP contribution in [0.3, 0.4) is 0 Å². The van der Waals surface area contributed by atoms with Gasteiger partial charge in [0.1, 0.15) is 0 Å². The van der Waals surface area contributed by atoms with Crippen molar-refractivity contribution < 1.29 is 9.90 Å². The van der Waals surface area contributed by atoms with Gasteiger partial charge in [0, 0.05) is 11.2 Å². The molecular weight excluding hydrogens is 234 g/mol. The second kappa shape index (κ2) is 4.85. The first-order valence-electron chi connectivity index (χ1n) is 5.54. The predicted molar refractivity (Wildman–Crippen MR) is 70.6 cm³/mol. The van der Waals surface area contributed by atoms with Crippen LogP contribution in [0.1, 0.15) is 22.2 Å². The highest BCUT2D eigenvalue weighted by Gasteiger charge is 2.14. The van der Waals surface area contributed by atoms with Gasteiger partial charge in [0.25, 0.3) is 5.91 Å². The molecule has 2 aromatic rings. The number of amides is 1. The smallest absolute Gasteiger partial charge is 0.261 e. The monoisotopic (exact) mass is 249 g/mol. The number of carbonyl (C=O) groups excluding carboxylic acids is 1. The highest BCUT2D eigenvalue weighted by atomic mass is 32.1. The van der Waals surface area contributed by atoms with Gasteiger partial charge in [-0.1, -0.05) is 18.2 Å². The lowest BCUT2D eigenvalue weighted by molar-refractivity contribution is 0.0927. The summed E-state index contributed by atoms with van der Waals surface area (Å²) in [4.78, 5) is 12.7. The van der Waals surface area contributed by atoms with Crippen LogP contribution in [0.2, 0.25) is 0 Å². The Labute approximate surface area is 104 Å². The van der Waals surface area contributed by atoms with Crippen molar-refractivity contribution in [1.82, 2.24) is 5.32 Å². The minimum absolute atomic E-state index is 0.107. The molecular formula is C13H15NO2S. The van der Waals surface area contributed by atoms with E-state index in [1.54, 1.807) is 6.92 Å². The minimum atomic E-state index is -0.520. The van der Waals surface area contributed by atoms with Gasteiger partial charge in [0.05, 0.1) is 11.0 Å². The van der Waals surface area contributed by atoms with E-state index in [0.29, 0.717) is 0 Å². The molecule has 1 amide bonds. The molecule has 0 fully saturated rings. The Kier molecular flexibility index (Phi) is 3.45. The van der Waals surface area contributed by atoms with Crippen LogP contribution in [0.5, 0.6) is 0 Å². The van der Waals surface area contributed by atoms with Crippen molar-refractivity contribution >= 4 is 27.3 Å².